The van der Waals surface area contributed by atoms with Crippen LogP contribution < -0.4 is 5.32 Å². The zero-order chi connectivity index (χ0) is 11.2. The maximum Gasteiger partial charge on any atom is 0.0599 e. The maximum absolute atomic E-state index is 5.87. The molecule has 0 aromatic carbocycles. The van der Waals surface area contributed by atoms with E-state index in [2.05, 4.69) is 39.9 Å². The average Bonchev–Trinajstić information content (AvgIpc) is 2.11. The quantitative estimate of drug-likeness (QED) is 0.550. The van der Waals surface area contributed by atoms with Crippen LogP contribution in [0.2, 0.25) is 0 Å². The van der Waals surface area contributed by atoms with E-state index in [4.69, 9.17) is 16.3 Å². The van der Waals surface area contributed by atoms with Gasteiger partial charge < -0.3 is 10.1 Å². The second-order valence-electron chi connectivity index (χ2n) is 4.94. The predicted molar refractivity (Wildman–Crippen MR) is 63.1 cm³/mol. The van der Waals surface area contributed by atoms with Crippen LogP contribution in [0.5, 0.6) is 0 Å². The summed E-state index contributed by atoms with van der Waals surface area (Å²) in [6.07, 6.45) is 1.03. The number of hydrogen-bond donors (Lipinski definition) is 1. The van der Waals surface area contributed by atoms with Crippen LogP contribution in [-0.2, 0) is 4.74 Å². The molecule has 0 aliphatic heterocycles. The molecule has 0 heterocycles. The van der Waals surface area contributed by atoms with E-state index in [1.54, 1.807) is 0 Å². The molecule has 0 rings (SSSR count). The largest absolute Gasteiger partial charge is 0.375 e. The topological polar surface area (TPSA) is 21.3 Å². The van der Waals surface area contributed by atoms with Crippen molar-refractivity contribution >= 4 is 11.6 Å². The molecule has 0 aromatic heterocycles. The summed E-state index contributed by atoms with van der Waals surface area (Å²) in [5, 5.41) is 3.41. The highest BCUT2D eigenvalue weighted by atomic mass is 35.5. The Kier molecular flexibility index (Phi) is 6.03. The van der Waals surface area contributed by atoms with Crippen LogP contribution in [0.1, 0.15) is 41.0 Å². The Labute approximate surface area is 93.4 Å². The van der Waals surface area contributed by atoms with Crippen LogP contribution in [0.15, 0.2) is 0 Å². The van der Waals surface area contributed by atoms with Gasteiger partial charge in [-0.3, -0.25) is 0 Å². The lowest BCUT2D eigenvalue weighted by molar-refractivity contribution is -0.00282. The Hall–Kier alpha value is 0.210. The lowest BCUT2D eigenvalue weighted by Crippen LogP contribution is -2.45. The highest BCUT2D eigenvalue weighted by Crippen LogP contribution is 2.11. The molecule has 0 bridgehead atoms. The molecule has 3 heteroatoms. The van der Waals surface area contributed by atoms with Crippen molar-refractivity contribution in [3.05, 3.63) is 0 Å². The first-order valence-corrected chi connectivity index (χ1v) is 5.81. The molecule has 0 aliphatic carbocycles. The third kappa shape index (κ3) is 6.63. The highest BCUT2D eigenvalue weighted by molar-refractivity contribution is 6.18. The minimum atomic E-state index is -0.0503. The molecular formula is C11H24ClNO. The summed E-state index contributed by atoms with van der Waals surface area (Å²) in [6, 6.07) is 0. The Morgan fingerprint density at radius 3 is 2.14 bits per heavy atom. The van der Waals surface area contributed by atoms with Crippen LogP contribution >= 0.6 is 11.6 Å². The summed E-state index contributed by atoms with van der Waals surface area (Å²) in [5.74, 6) is 0.638. The van der Waals surface area contributed by atoms with Crippen molar-refractivity contribution in [3.8, 4) is 0 Å². The fourth-order valence-corrected chi connectivity index (χ4v) is 1.26. The molecule has 1 unspecified atom stereocenters. The van der Waals surface area contributed by atoms with E-state index in [-0.39, 0.29) is 11.1 Å². The van der Waals surface area contributed by atoms with Gasteiger partial charge in [0, 0.05) is 18.0 Å². The van der Waals surface area contributed by atoms with Gasteiger partial charge in [-0.15, -0.1) is 11.6 Å². The van der Waals surface area contributed by atoms with Gasteiger partial charge in [0.2, 0.25) is 0 Å². The Morgan fingerprint density at radius 1 is 1.21 bits per heavy atom. The van der Waals surface area contributed by atoms with E-state index < -0.39 is 0 Å². The molecule has 0 spiro atoms. The van der Waals surface area contributed by atoms with Crippen molar-refractivity contribution in [2.24, 2.45) is 0 Å². The number of alkyl halides is 1. The zero-order valence-corrected chi connectivity index (χ0v) is 10.9. The Balaban J connectivity index is 3.63. The van der Waals surface area contributed by atoms with Gasteiger partial charge in [0.05, 0.1) is 12.2 Å². The van der Waals surface area contributed by atoms with E-state index in [0.717, 1.165) is 19.6 Å². The molecule has 1 atom stereocenters. The first-order chi connectivity index (χ1) is 6.33. The second kappa shape index (κ2) is 5.94. The Bertz CT molecular complexity index is 150. The molecule has 0 amide bonds. The van der Waals surface area contributed by atoms with Crippen molar-refractivity contribution in [2.45, 2.75) is 52.2 Å². The number of nitrogens with one attached hydrogen (secondary N) is 1. The van der Waals surface area contributed by atoms with Gasteiger partial charge in [0.1, 0.15) is 0 Å². The molecular weight excluding hydrogens is 198 g/mol. The zero-order valence-electron chi connectivity index (χ0n) is 10.1. The highest BCUT2D eigenvalue weighted by Gasteiger charge is 2.19. The Morgan fingerprint density at radius 2 is 1.79 bits per heavy atom. The summed E-state index contributed by atoms with van der Waals surface area (Å²) in [7, 11) is 0. The standard InChI is InChI=1S/C11H24ClNO/c1-6-11(5,9-12)13-7-8-14-10(2,3)4/h13H,6-9H2,1-5H3. The fourth-order valence-electron chi connectivity index (χ4n) is 0.977. The normalized spacial score (nSPS) is 16.7. The number of ether oxygens (including phenoxy) is 1. The number of rotatable bonds is 6. The summed E-state index contributed by atoms with van der Waals surface area (Å²) >= 11 is 5.87. The molecule has 0 aromatic rings. The van der Waals surface area contributed by atoms with Crippen molar-refractivity contribution in [2.75, 3.05) is 19.0 Å². The molecule has 0 radical (unpaired) electrons. The van der Waals surface area contributed by atoms with Crippen LogP contribution in [0.25, 0.3) is 0 Å². The number of hydrogen-bond acceptors (Lipinski definition) is 2. The van der Waals surface area contributed by atoms with E-state index in [0.29, 0.717) is 5.88 Å². The summed E-state index contributed by atoms with van der Waals surface area (Å²) in [4.78, 5) is 0. The van der Waals surface area contributed by atoms with Gasteiger partial charge in [-0.05, 0) is 34.1 Å². The molecule has 0 aliphatic rings. The van der Waals surface area contributed by atoms with Crippen LogP contribution in [-0.4, -0.2) is 30.2 Å². The van der Waals surface area contributed by atoms with Crippen LogP contribution in [0.4, 0.5) is 0 Å². The number of halogens is 1. The molecule has 14 heavy (non-hydrogen) atoms. The van der Waals surface area contributed by atoms with E-state index in [1.807, 2.05) is 0 Å². The van der Waals surface area contributed by atoms with Gasteiger partial charge in [0.25, 0.3) is 0 Å². The van der Waals surface area contributed by atoms with Crippen molar-refractivity contribution < 1.29 is 4.74 Å². The lowest BCUT2D eigenvalue weighted by atomic mass is 10.0. The monoisotopic (exact) mass is 221 g/mol. The molecule has 0 saturated heterocycles. The minimum Gasteiger partial charge on any atom is -0.375 e. The smallest absolute Gasteiger partial charge is 0.0599 e. The molecule has 0 fully saturated rings. The van der Waals surface area contributed by atoms with Crippen molar-refractivity contribution in [1.29, 1.82) is 0 Å². The summed E-state index contributed by atoms with van der Waals surface area (Å²) in [6.45, 7) is 12.1. The van der Waals surface area contributed by atoms with E-state index >= 15 is 0 Å². The molecule has 86 valence electrons. The summed E-state index contributed by atoms with van der Waals surface area (Å²) < 4.78 is 5.61. The molecule has 1 N–H and O–H groups in total. The van der Waals surface area contributed by atoms with Crippen LogP contribution in [0, 0.1) is 0 Å². The third-order valence-electron chi connectivity index (χ3n) is 2.26. The van der Waals surface area contributed by atoms with Gasteiger partial charge in [-0.2, -0.15) is 0 Å². The first-order valence-electron chi connectivity index (χ1n) is 5.28. The van der Waals surface area contributed by atoms with Gasteiger partial charge >= 0.3 is 0 Å². The van der Waals surface area contributed by atoms with Crippen molar-refractivity contribution in [1.82, 2.24) is 5.32 Å². The lowest BCUT2D eigenvalue weighted by Gasteiger charge is -2.28. The molecule has 2 nitrogen and oxygen atoms in total. The third-order valence-corrected chi connectivity index (χ3v) is 2.85. The second-order valence-corrected chi connectivity index (χ2v) is 5.20. The van der Waals surface area contributed by atoms with E-state index in [9.17, 15) is 0 Å². The van der Waals surface area contributed by atoms with Gasteiger partial charge in [-0.1, -0.05) is 6.92 Å². The minimum absolute atomic E-state index is 0.0444. The van der Waals surface area contributed by atoms with Crippen molar-refractivity contribution in [3.63, 3.8) is 0 Å². The van der Waals surface area contributed by atoms with Gasteiger partial charge in [0.15, 0.2) is 0 Å². The SMILES string of the molecule is CCC(C)(CCl)NCCOC(C)(C)C. The summed E-state index contributed by atoms with van der Waals surface area (Å²) in [5.41, 5.74) is -0.00589. The maximum atomic E-state index is 5.87. The average molecular weight is 222 g/mol. The predicted octanol–water partition coefficient (Wildman–Crippen LogP) is 2.80. The van der Waals surface area contributed by atoms with Crippen LogP contribution in [0.3, 0.4) is 0 Å². The van der Waals surface area contributed by atoms with E-state index in [1.165, 1.54) is 0 Å². The fraction of sp³-hybridized carbons (Fsp3) is 1.00. The van der Waals surface area contributed by atoms with Gasteiger partial charge in [-0.25, -0.2) is 0 Å². The molecule has 0 saturated carbocycles. The first kappa shape index (κ1) is 14.2.